The molecule has 2 aliphatic heterocycles. The van der Waals surface area contributed by atoms with E-state index in [2.05, 4.69) is 6.92 Å². The number of hydrogen-bond acceptors (Lipinski definition) is 3. The van der Waals surface area contributed by atoms with Crippen molar-refractivity contribution in [3.8, 4) is 0 Å². The minimum Gasteiger partial charge on any atom is -0.481 e. The van der Waals surface area contributed by atoms with Gasteiger partial charge in [0.05, 0.1) is 0 Å². The molecule has 0 aromatic rings. The quantitative estimate of drug-likeness (QED) is 0.829. The monoisotopic (exact) mass is 290 g/mol. The topological polar surface area (TPSA) is 77.9 Å². The third-order valence-corrected chi connectivity index (χ3v) is 6.11. The number of carbonyl (C=O) groups is 1. The molecule has 19 heavy (non-hydrogen) atoms. The van der Waals surface area contributed by atoms with Crippen LogP contribution in [0.15, 0.2) is 0 Å². The summed E-state index contributed by atoms with van der Waals surface area (Å²) in [5.74, 6) is -0.308. The van der Waals surface area contributed by atoms with Crippen LogP contribution in [0.4, 0.5) is 0 Å². The number of piperidine rings is 1. The van der Waals surface area contributed by atoms with E-state index in [0.717, 1.165) is 12.8 Å². The molecule has 2 rings (SSSR count). The van der Waals surface area contributed by atoms with Crippen molar-refractivity contribution in [1.29, 1.82) is 0 Å². The van der Waals surface area contributed by atoms with Gasteiger partial charge in [-0.3, -0.25) is 4.79 Å². The Kier molecular flexibility index (Phi) is 4.47. The minimum absolute atomic E-state index is 0.0454. The van der Waals surface area contributed by atoms with Gasteiger partial charge in [0.1, 0.15) is 0 Å². The predicted molar refractivity (Wildman–Crippen MR) is 70.8 cm³/mol. The number of aliphatic carboxylic acids is 1. The van der Waals surface area contributed by atoms with E-state index in [9.17, 15) is 13.2 Å². The smallest absolute Gasteiger partial charge is 0.303 e. The van der Waals surface area contributed by atoms with Crippen LogP contribution in [-0.2, 0) is 15.0 Å². The molecule has 6 nitrogen and oxygen atoms in total. The van der Waals surface area contributed by atoms with Gasteiger partial charge in [-0.2, -0.15) is 17.0 Å². The van der Waals surface area contributed by atoms with Crippen molar-refractivity contribution >= 4 is 16.2 Å². The lowest BCUT2D eigenvalue weighted by Gasteiger charge is -2.32. The van der Waals surface area contributed by atoms with E-state index in [-0.39, 0.29) is 12.3 Å². The van der Waals surface area contributed by atoms with Crippen molar-refractivity contribution in [2.75, 3.05) is 26.2 Å². The van der Waals surface area contributed by atoms with Crippen LogP contribution in [-0.4, -0.2) is 54.3 Å². The number of carboxylic acid groups (broad SMARTS) is 1. The first-order valence-electron chi connectivity index (χ1n) is 6.86. The molecule has 2 fully saturated rings. The van der Waals surface area contributed by atoms with Crippen molar-refractivity contribution < 1.29 is 18.3 Å². The SMILES string of the molecule is CC1CCN(S(=O)(=O)N2CCC(CC(=O)O)C2)CC1. The summed E-state index contributed by atoms with van der Waals surface area (Å²) in [4.78, 5) is 10.7. The van der Waals surface area contributed by atoms with E-state index in [4.69, 9.17) is 5.11 Å². The van der Waals surface area contributed by atoms with Gasteiger partial charge in [0.2, 0.25) is 0 Å². The van der Waals surface area contributed by atoms with Crippen LogP contribution >= 0.6 is 0 Å². The Bertz CT molecular complexity index is 429. The Hall–Kier alpha value is -0.660. The lowest BCUT2D eigenvalue weighted by molar-refractivity contribution is -0.137. The number of carboxylic acids is 1. The largest absolute Gasteiger partial charge is 0.481 e. The number of rotatable bonds is 4. The maximum absolute atomic E-state index is 12.4. The maximum atomic E-state index is 12.4. The molecule has 0 saturated carbocycles. The van der Waals surface area contributed by atoms with Crippen LogP contribution in [0.5, 0.6) is 0 Å². The summed E-state index contributed by atoms with van der Waals surface area (Å²) in [6.07, 6.45) is 2.52. The molecule has 1 N–H and O–H groups in total. The lowest BCUT2D eigenvalue weighted by Crippen LogP contribution is -2.46. The summed E-state index contributed by atoms with van der Waals surface area (Å²) >= 11 is 0. The predicted octanol–water partition coefficient (Wildman–Crippen LogP) is 0.760. The van der Waals surface area contributed by atoms with E-state index in [1.54, 1.807) is 4.31 Å². The Morgan fingerprint density at radius 2 is 1.74 bits per heavy atom. The van der Waals surface area contributed by atoms with Crippen LogP contribution in [0.1, 0.15) is 32.6 Å². The van der Waals surface area contributed by atoms with Crippen molar-refractivity contribution in [2.24, 2.45) is 11.8 Å². The van der Waals surface area contributed by atoms with Crippen molar-refractivity contribution in [3.05, 3.63) is 0 Å². The zero-order valence-corrected chi connectivity index (χ0v) is 12.1. The van der Waals surface area contributed by atoms with Gasteiger partial charge >= 0.3 is 5.97 Å². The maximum Gasteiger partial charge on any atom is 0.303 e. The Labute approximate surface area is 114 Å². The standard InChI is InChI=1S/C12H22N2O4S/c1-10-2-5-13(6-3-10)19(17,18)14-7-4-11(9-14)8-12(15)16/h10-11H,2-9H2,1H3,(H,15,16). The van der Waals surface area contributed by atoms with E-state index >= 15 is 0 Å². The highest BCUT2D eigenvalue weighted by Gasteiger charge is 2.37. The highest BCUT2D eigenvalue weighted by Crippen LogP contribution is 2.26. The van der Waals surface area contributed by atoms with Crippen LogP contribution in [0.25, 0.3) is 0 Å². The summed E-state index contributed by atoms with van der Waals surface area (Å²) in [6, 6.07) is 0. The molecule has 0 bridgehead atoms. The van der Waals surface area contributed by atoms with Gasteiger partial charge in [-0.15, -0.1) is 0 Å². The van der Waals surface area contributed by atoms with E-state index in [1.807, 2.05) is 0 Å². The molecular formula is C12H22N2O4S. The highest BCUT2D eigenvalue weighted by molar-refractivity contribution is 7.86. The summed E-state index contributed by atoms with van der Waals surface area (Å²) in [7, 11) is -3.38. The van der Waals surface area contributed by atoms with Crippen molar-refractivity contribution in [1.82, 2.24) is 8.61 Å². The van der Waals surface area contributed by atoms with Gasteiger partial charge in [-0.05, 0) is 31.1 Å². The third-order valence-electron chi connectivity index (χ3n) is 4.11. The van der Waals surface area contributed by atoms with Crippen molar-refractivity contribution in [3.63, 3.8) is 0 Å². The summed E-state index contributed by atoms with van der Waals surface area (Å²) in [5, 5.41) is 8.76. The zero-order chi connectivity index (χ0) is 14.0. The normalized spacial score (nSPS) is 27.7. The van der Waals surface area contributed by atoms with Gasteiger partial charge in [-0.25, -0.2) is 0 Å². The van der Waals surface area contributed by atoms with Gasteiger partial charge in [0.15, 0.2) is 0 Å². The molecule has 0 aliphatic carbocycles. The number of hydrogen-bond donors (Lipinski definition) is 1. The second-order valence-corrected chi connectivity index (χ2v) is 7.63. The van der Waals surface area contributed by atoms with Crippen molar-refractivity contribution in [2.45, 2.75) is 32.6 Å². The fourth-order valence-corrected chi connectivity index (χ4v) is 4.53. The summed E-state index contributed by atoms with van der Waals surface area (Å²) in [6.45, 7) is 4.11. The van der Waals surface area contributed by atoms with Gasteiger partial charge in [0.25, 0.3) is 10.2 Å². The number of nitrogens with zero attached hydrogens (tertiary/aromatic N) is 2. The molecule has 1 atom stereocenters. The fraction of sp³-hybridized carbons (Fsp3) is 0.917. The Balaban J connectivity index is 1.95. The lowest BCUT2D eigenvalue weighted by atomic mass is 10.0. The van der Waals surface area contributed by atoms with Crippen LogP contribution in [0, 0.1) is 11.8 Å². The fourth-order valence-electron chi connectivity index (χ4n) is 2.80. The Morgan fingerprint density at radius 3 is 2.32 bits per heavy atom. The molecule has 110 valence electrons. The summed E-state index contributed by atoms with van der Waals surface area (Å²) < 4.78 is 27.9. The van der Waals surface area contributed by atoms with Gasteiger partial charge in [0, 0.05) is 32.6 Å². The average molecular weight is 290 g/mol. The second kappa shape index (κ2) is 5.76. The molecule has 1 unspecified atom stereocenters. The molecule has 2 aliphatic rings. The average Bonchev–Trinajstić information content (AvgIpc) is 2.78. The Morgan fingerprint density at radius 1 is 1.16 bits per heavy atom. The molecule has 0 spiro atoms. The molecular weight excluding hydrogens is 268 g/mol. The molecule has 0 aromatic carbocycles. The van der Waals surface area contributed by atoms with Gasteiger partial charge < -0.3 is 5.11 Å². The van der Waals surface area contributed by atoms with Crippen LogP contribution in [0.2, 0.25) is 0 Å². The molecule has 0 aromatic heterocycles. The third kappa shape index (κ3) is 3.46. The molecule has 0 amide bonds. The van der Waals surface area contributed by atoms with E-state index in [1.165, 1.54) is 4.31 Å². The molecule has 0 radical (unpaired) electrons. The minimum atomic E-state index is -3.38. The summed E-state index contributed by atoms with van der Waals surface area (Å²) in [5.41, 5.74) is 0. The molecule has 2 saturated heterocycles. The first-order valence-corrected chi connectivity index (χ1v) is 8.26. The van der Waals surface area contributed by atoms with E-state index < -0.39 is 16.2 Å². The molecule has 2 heterocycles. The second-order valence-electron chi connectivity index (χ2n) is 5.70. The van der Waals surface area contributed by atoms with E-state index in [0.29, 0.717) is 38.5 Å². The first-order chi connectivity index (χ1) is 8.89. The first kappa shape index (κ1) is 14.7. The zero-order valence-electron chi connectivity index (χ0n) is 11.3. The van der Waals surface area contributed by atoms with Crippen LogP contribution in [0.3, 0.4) is 0 Å². The van der Waals surface area contributed by atoms with Crippen LogP contribution < -0.4 is 0 Å². The van der Waals surface area contributed by atoms with Gasteiger partial charge in [-0.1, -0.05) is 6.92 Å². The molecule has 7 heteroatoms. The highest BCUT2D eigenvalue weighted by atomic mass is 32.2.